The summed E-state index contributed by atoms with van der Waals surface area (Å²) in [5.41, 5.74) is 1.57. The number of methoxy groups -OCH3 is 2. The van der Waals surface area contributed by atoms with E-state index >= 15 is 0 Å². The molecule has 0 saturated carbocycles. The molecule has 2 aromatic rings. The van der Waals surface area contributed by atoms with Crippen LogP contribution in [0.25, 0.3) is 0 Å². The molecule has 0 spiro atoms. The fourth-order valence-corrected chi connectivity index (χ4v) is 3.58. The second-order valence-corrected chi connectivity index (χ2v) is 7.07. The molecule has 0 aliphatic carbocycles. The molecule has 1 heterocycles. The molecule has 0 aromatic heterocycles. The Morgan fingerprint density at radius 3 is 2.03 bits per heavy atom. The molecule has 1 aliphatic heterocycles. The van der Waals surface area contributed by atoms with E-state index in [0.29, 0.717) is 30.2 Å². The normalized spacial score (nSPS) is 15.0. The lowest BCUT2D eigenvalue weighted by atomic mass is 10.1. The van der Waals surface area contributed by atoms with Crippen molar-refractivity contribution in [2.45, 2.75) is 13.1 Å². The molecule has 0 radical (unpaired) electrons. The minimum Gasteiger partial charge on any atom is -0.493 e. The van der Waals surface area contributed by atoms with E-state index in [1.165, 1.54) is 26.4 Å². The predicted octanol–water partition coefficient (Wildman–Crippen LogP) is 2.84. The number of hydrogen-bond acceptors (Lipinski definition) is 8. The van der Waals surface area contributed by atoms with Crippen LogP contribution in [0.1, 0.15) is 11.1 Å². The molecule has 0 unspecified atom stereocenters. The molecule has 10 nitrogen and oxygen atoms in total. The Morgan fingerprint density at radius 1 is 0.867 bits per heavy atom. The highest BCUT2D eigenvalue weighted by molar-refractivity contribution is 5.54. The van der Waals surface area contributed by atoms with Gasteiger partial charge in [0, 0.05) is 57.0 Å². The summed E-state index contributed by atoms with van der Waals surface area (Å²) >= 11 is 0. The summed E-state index contributed by atoms with van der Waals surface area (Å²) in [5.74, 6) is 0.789. The van der Waals surface area contributed by atoms with E-state index in [1.54, 1.807) is 18.2 Å². The molecule has 0 N–H and O–H groups in total. The van der Waals surface area contributed by atoms with Crippen molar-refractivity contribution in [3.05, 3.63) is 67.8 Å². The first kappa shape index (κ1) is 21.5. The van der Waals surface area contributed by atoms with Gasteiger partial charge in [-0.05, 0) is 11.6 Å². The summed E-state index contributed by atoms with van der Waals surface area (Å²) in [6, 6.07) is 9.71. The number of non-ortho nitro benzene ring substituents is 1. The molecule has 1 aliphatic rings. The smallest absolute Gasteiger partial charge is 0.277 e. The standard InChI is InChI=1S/C20H24N4O6/c1-29-19-11-16(18(24(27)28)12-20(19)30-2)14-22-8-6-21(7-9-22)13-15-4-3-5-17(10-15)23(25)26/h3-5,10-12H,6-9,13-14H2,1-2H3. The van der Waals surface area contributed by atoms with Gasteiger partial charge in [0.15, 0.2) is 11.5 Å². The third kappa shape index (κ3) is 5.02. The number of rotatable bonds is 8. The van der Waals surface area contributed by atoms with Gasteiger partial charge in [0.25, 0.3) is 11.4 Å². The molecule has 2 aromatic carbocycles. The van der Waals surface area contributed by atoms with Crippen LogP contribution in [0.3, 0.4) is 0 Å². The average molecular weight is 416 g/mol. The molecular formula is C20H24N4O6. The highest BCUT2D eigenvalue weighted by Gasteiger charge is 2.24. The van der Waals surface area contributed by atoms with Gasteiger partial charge in [-0.3, -0.25) is 30.0 Å². The van der Waals surface area contributed by atoms with Crippen LogP contribution in [-0.2, 0) is 13.1 Å². The second kappa shape index (κ2) is 9.51. The predicted molar refractivity (Wildman–Crippen MR) is 110 cm³/mol. The quantitative estimate of drug-likeness (QED) is 0.477. The maximum absolute atomic E-state index is 11.5. The van der Waals surface area contributed by atoms with Crippen LogP contribution in [-0.4, -0.2) is 60.0 Å². The van der Waals surface area contributed by atoms with Gasteiger partial charge in [-0.1, -0.05) is 12.1 Å². The Labute approximate surface area is 173 Å². The second-order valence-electron chi connectivity index (χ2n) is 7.07. The van der Waals surface area contributed by atoms with Crippen LogP contribution in [0, 0.1) is 20.2 Å². The molecule has 160 valence electrons. The topological polar surface area (TPSA) is 111 Å². The zero-order chi connectivity index (χ0) is 21.7. The van der Waals surface area contributed by atoms with Crippen molar-refractivity contribution < 1.29 is 19.3 Å². The van der Waals surface area contributed by atoms with Gasteiger partial charge in [-0.25, -0.2) is 0 Å². The minimum atomic E-state index is -0.407. The minimum absolute atomic E-state index is 0.00618. The summed E-state index contributed by atoms with van der Waals surface area (Å²) in [6.07, 6.45) is 0. The molecule has 1 saturated heterocycles. The largest absolute Gasteiger partial charge is 0.493 e. The van der Waals surface area contributed by atoms with Crippen LogP contribution in [0.2, 0.25) is 0 Å². The van der Waals surface area contributed by atoms with Crippen LogP contribution in [0.5, 0.6) is 11.5 Å². The third-order valence-corrected chi connectivity index (χ3v) is 5.17. The van der Waals surface area contributed by atoms with E-state index in [4.69, 9.17) is 9.47 Å². The molecule has 0 atom stereocenters. The average Bonchev–Trinajstić information content (AvgIpc) is 2.74. The van der Waals surface area contributed by atoms with Crippen molar-refractivity contribution in [2.75, 3.05) is 40.4 Å². The molecule has 1 fully saturated rings. The van der Waals surface area contributed by atoms with Crippen molar-refractivity contribution in [1.82, 2.24) is 9.80 Å². The van der Waals surface area contributed by atoms with Gasteiger partial charge >= 0.3 is 0 Å². The van der Waals surface area contributed by atoms with Crippen LogP contribution in [0.4, 0.5) is 11.4 Å². The lowest BCUT2D eigenvalue weighted by Gasteiger charge is -2.34. The fraction of sp³-hybridized carbons (Fsp3) is 0.400. The van der Waals surface area contributed by atoms with Gasteiger partial charge in [0.2, 0.25) is 0 Å². The van der Waals surface area contributed by atoms with Crippen molar-refractivity contribution in [3.63, 3.8) is 0 Å². The monoisotopic (exact) mass is 416 g/mol. The molecular weight excluding hydrogens is 392 g/mol. The number of benzene rings is 2. The van der Waals surface area contributed by atoms with Gasteiger partial charge in [0.05, 0.1) is 30.1 Å². The molecule has 0 bridgehead atoms. The van der Waals surface area contributed by atoms with Crippen LogP contribution in [0.15, 0.2) is 36.4 Å². The Bertz CT molecular complexity index is 928. The number of piperazine rings is 1. The SMILES string of the molecule is COc1cc(CN2CCN(Cc3cccc([N+](=O)[O-])c3)CC2)c([N+](=O)[O-])cc1OC. The van der Waals surface area contributed by atoms with Crippen molar-refractivity contribution in [3.8, 4) is 11.5 Å². The van der Waals surface area contributed by atoms with E-state index in [-0.39, 0.29) is 11.4 Å². The van der Waals surface area contributed by atoms with E-state index in [1.807, 2.05) is 6.07 Å². The van der Waals surface area contributed by atoms with Crippen LogP contribution >= 0.6 is 0 Å². The first-order valence-corrected chi connectivity index (χ1v) is 9.48. The summed E-state index contributed by atoms with van der Waals surface area (Å²) in [4.78, 5) is 26.0. The summed E-state index contributed by atoms with van der Waals surface area (Å²) < 4.78 is 10.5. The summed E-state index contributed by atoms with van der Waals surface area (Å²) in [6.45, 7) is 4.07. The lowest BCUT2D eigenvalue weighted by molar-refractivity contribution is -0.385. The third-order valence-electron chi connectivity index (χ3n) is 5.17. The molecule has 10 heteroatoms. The van der Waals surface area contributed by atoms with Crippen molar-refractivity contribution in [2.24, 2.45) is 0 Å². The fourth-order valence-electron chi connectivity index (χ4n) is 3.58. The zero-order valence-electron chi connectivity index (χ0n) is 16.9. The van der Waals surface area contributed by atoms with E-state index in [0.717, 1.165) is 31.7 Å². The number of ether oxygens (including phenoxy) is 2. The van der Waals surface area contributed by atoms with Gasteiger partial charge in [0.1, 0.15) is 0 Å². The summed E-state index contributed by atoms with van der Waals surface area (Å²) in [7, 11) is 2.95. The maximum atomic E-state index is 11.5. The highest BCUT2D eigenvalue weighted by atomic mass is 16.6. The van der Waals surface area contributed by atoms with Crippen molar-refractivity contribution in [1.29, 1.82) is 0 Å². The Hall–Kier alpha value is -3.24. The molecule has 30 heavy (non-hydrogen) atoms. The maximum Gasteiger partial charge on any atom is 0.277 e. The van der Waals surface area contributed by atoms with E-state index < -0.39 is 9.85 Å². The first-order chi connectivity index (χ1) is 14.4. The number of nitro groups is 2. The number of hydrogen-bond donors (Lipinski definition) is 0. The zero-order valence-corrected chi connectivity index (χ0v) is 16.9. The Kier molecular flexibility index (Phi) is 6.80. The first-order valence-electron chi connectivity index (χ1n) is 9.48. The number of nitro benzene ring substituents is 2. The van der Waals surface area contributed by atoms with Gasteiger partial charge in [-0.2, -0.15) is 0 Å². The van der Waals surface area contributed by atoms with Gasteiger partial charge in [-0.15, -0.1) is 0 Å². The highest BCUT2D eigenvalue weighted by Crippen LogP contribution is 2.35. The Morgan fingerprint density at radius 2 is 1.47 bits per heavy atom. The number of nitrogens with zero attached hydrogens (tertiary/aromatic N) is 4. The molecule has 0 amide bonds. The van der Waals surface area contributed by atoms with Crippen molar-refractivity contribution >= 4 is 11.4 Å². The molecule has 3 rings (SSSR count). The van der Waals surface area contributed by atoms with E-state index in [9.17, 15) is 20.2 Å². The Balaban J connectivity index is 1.64. The van der Waals surface area contributed by atoms with E-state index in [2.05, 4.69) is 9.80 Å². The summed E-state index contributed by atoms with van der Waals surface area (Å²) in [5, 5.41) is 22.4. The van der Waals surface area contributed by atoms with Gasteiger partial charge < -0.3 is 9.47 Å². The lowest BCUT2D eigenvalue weighted by Crippen LogP contribution is -2.45. The van der Waals surface area contributed by atoms with Crippen LogP contribution < -0.4 is 9.47 Å².